The molecule has 0 aromatic heterocycles. The number of hydrogen-bond acceptors (Lipinski definition) is 3. The van der Waals surface area contributed by atoms with Crippen LogP contribution in [0.25, 0.3) is 0 Å². The van der Waals surface area contributed by atoms with Crippen molar-refractivity contribution in [3.63, 3.8) is 0 Å². The van der Waals surface area contributed by atoms with Gasteiger partial charge in [-0.3, -0.25) is 4.79 Å². The lowest BCUT2D eigenvalue weighted by Gasteiger charge is -2.22. The lowest BCUT2D eigenvalue weighted by Crippen LogP contribution is -2.33. The van der Waals surface area contributed by atoms with Crippen molar-refractivity contribution in [3.8, 4) is 0 Å². The number of hydrogen-bond donors (Lipinski definition) is 2. The maximum Gasteiger partial charge on any atom is 0.221 e. The zero-order valence-corrected chi connectivity index (χ0v) is 16.6. The Bertz CT molecular complexity index is 533. The standard InChI is InChI=1S/C21H33N3O.ClH/c22-13-19-15-24(16-20(19)18-9-5-2-6-10-18)12-11-21(25)23-14-17-7-3-1-4-8-17;/h2,5-6,9-10,17,19-20H,1,3-4,7-8,11-16,22H2,(H,23,25);1H/t19-,20+;/m1./s1. The number of likely N-dealkylation sites (tertiary alicyclic amines) is 1. The Hall–Kier alpha value is -1.10. The van der Waals surface area contributed by atoms with Crippen molar-refractivity contribution in [3.05, 3.63) is 35.9 Å². The van der Waals surface area contributed by atoms with Gasteiger partial charge in [-0.1, -0.05) is 49.6 Å². The zero-order valence-electron chi connectivity index (χ0n) is 15.7. The maximum absolute atomic E-state index is 12.2. The molecule has 5 heteroatoms. The molecule has 146 valence electrons. The van der Waals surface area contributed by atoms with Crippen molar-refractivity contribution in [1.29, 1.82) is 0 Å². The predicted molar refractivity (Wildman–Crippen MR) is 110 cm³/mol. The van der Waals surface area contributed by atoms with E-state index in [2.05, 4.69) is 40.5 Å². The van der Waals surface area contributed by atoms with Gasteiger partial charge in [0.05, 0.1) is 0 Å². The zero-order chi connectivity index (χ0) is 17.5. The Kier molecular flexibility index (Phi) is 8.89. The molecule has 1 aliphatic heterocycles. The Morgan fingerprint density at radius 3 is 2.54 bits per heavy atom. The highest BCUT2D eigenvalue weighted by molar-refractivity contribution is 5.85. The monoisotopic (exact) mass is 379 g/mol. The highest BCUT2D eigenvalue weighted by Gasteiger charge is 2.32. The molecule has 1 aliphatic carbocycles. The average Bonchev–Trinajstić information content (AvgIpc) is 3.09. The molecule has 3 rings (SSSR count). The third-order valence-electron chi connectivity index (χ3n) is 6.01. The lowest BCUT2D eigenvalue weighted by atomic mass is 9.89. The summed E-state index contributed by atoms with van der Waals surface area (Å²) in [5.74, 6) is 1.90. The molecule has 3 N–H and O–H groups in total. The van der Waals surface area contributed by atoms with Crippen molar-refractivity contribution in [2.75, 3.05) is 32.7 Å². The van der Waals surface area contributed by atoms with Gasteiger partial charge < -0.3 is 16.0 Å². The van der Waals surface area contributed by atoms with Crippen LogP contribution in [0.2, 0.25) is 0 Å². The minimum absolute atomic E-state index is 0. The first-order chi connectivity index (χ1) is 12.3. The van der Waals surface area contributed by atoms with Crippen molar-refractivity contribution in [2.24, 2.45) is 17.6 Å². The summed E-state index contributed by atoms with van der Waals surface area (Å²) in [5, 5.41) is 3.15. The van der Waals surface area contributed by atoms with E-state index in [9.17, 15) is 4.79 Å². The van der Waals surface area contributed by atoms with Gasteiger partial charge in [-0.25, -0.2) is 0 Å². The second kappa shape index (κ2) is 10.9. The normalized spacial score (nSPS) is 24.2. The summed E-state index contributed by atoms with van der Waals surface area (Å²) in [4.78, 5) is 14.6. The molecule has 2 atom stereocenters. The van der Waals surface area contributed by atoms with Crippen LogP contribution in [0, 0.1) is 11.8 Å². The van der Waals surface area contributed by atoms with Gasteiger partial charge in [0.1, 0.15) is 0 Å². The van der Waals surface area contributed by atoms with Gasteiger partial charge in [-0.15, -0.1) is 12.4 Å². The Morgan fingerprint density at radius 1 is 1.12 bits per heavy atom. The van der Waals surface area contributed by atoms with E-state index in [1.807, 2.05) is 0 Å². The number of rotatable bonds is 7. The smallest absolute Gasteiger partial charge is 0.221 e. The van der Waals surface area contributed by atoms with Crippen LogP contribution in [0.1, 0.15) is 50.0 Å². The number of halogens is 1. The van der Waals surface area contributed by atoms with E-state index in [0.717, 1.165) is 26.2 Å². The van der Waals surface area contributed by atoms with Crippen LogP contribution < -0.4 is 11.1 Å². The summed E-state index contributed by atoms with van der Waals surface area (Å²) in [6.45, 7) is 4.45. The third kappa shape index (κ3) is 5.97. The summed E-state index contributed by atoms with van der Waals surface area (Å²) in [6, 6.07) is 10.7. The van der Waals surface area contributed by atoms with E-state index < -0.39 is 0 Å². The quantitative estimate of drug-likeness (QED) is 0.765. The average molecular weight is 380 g/mol. The second-order valence-electron chi connectivity index (χ2n) is 7.83. The van der Waals surface area contributed by atoms with Gasteiger partial charge >= 0.3 is 0 Å². The summed E-state index contributed by atoms with van der Waals surface area (Å²) in [6.07, 6.45) is 7.19. The van der Waals surface area contributed by atoms with E-state index in [-0.39, 0.29) is 18.3 Å². The molecule has 1 heterocycles. The first-order valence-corrected chi connectivity index (χ1v) is 10.0. The minimum Gasteiger partial charge on any atom is -0.356 e. The van der Waals surface area contributed by atoms with Gasteiger partial charge in [0, 0.05) is 38.5 Å². The molecule has 0 unspecified atom stereocenters. The number of carbonyl (C=O) groups is 1. The fourth-order valence-corrected chi connectivity index (χ4v) is 4.46. The molecule has 2 fully saturated rings. The summed E-state index contributed by atoms with van der Waals surface area (Å²) < 4.78 is 0. The molecule has 26 heavy (non-hydrogen) atoms. The van der Waals surface area contributed by atoms with Crippen molar-refractivity contribution in [2.45, 2.75) is 44.4 Å². The molecule has 1 saturated carbocycles. The molecule has 1 aromatic carbocycles. The molecule has 0 bridgehead atoms. The molecule has 2 aliphatic rings. The van der Waals surface area contributed by atoms with Crippen molar-refractivity contribution < 1.29 is 4.79 Å². The van der Waals surface area contributed by atoms with Crippen molar-refractivity contribution in [1.82, 2.24) is 10.2 Å². The van der Waals surface area contributed by atoms with Crippen LogP contribution in [0.5, 0.6) is 0 Å². The van der Waals surface area contributed by atoms with Crippen LogP contribution in [-0.2, 0) is 4.79 Å². The molecule has 1 saturated heterocycles. The highest BCUT2D eigenvalue weighted by Crippen LogP contribution is 2.31. The minimum atomic E-state index is 0. The van der Waals surface area contributed by atoms with Gasteiger partial charge in [0.25, 0.3) is 0 Å². The first kappa shape index (κ1) is 21.2. The van der Waals surface area contributed by atoms with Crippen LogP contribution in [-0.4, -0.2) is 43.5 Å². The summed E-state index contributed by atoms with van der Waals surface area (Å²) in [5.41, 5.74) is 7.38. The number of carbonyl (C=O) groups excluding carboxylic acids is 1. The van der Waals surface area contributed by atoms with Crippen LogP contribution >= 0.6 is 12.4 Å². The summed E-state index contributed by atoms with van der Waals surface area (Å²) >= 11 is 0. The SMILES string of the molecule is Cl.NC[C@@H]1CN(CCC(=O)NCC2CCCCC2)C[C@H]1c1ccccc1. The predicted octanol–water partition coefficient (Wildman–Crippen LogP) is 3.17. The molecular weight excluding hydrogens is 346 g/mol. The molecule has 4 nitrogen and oxygen atoms in total. The lowest BCUT2D eigenvalue weighted by molar-refractivity contribution is -0.121. The number of amides is 1. The fraction of sp³-hybridized carbons (Fsp3) is 0.667. The van der Waals surface area contributed by atoms with E-state index in [4.69, 9.17) is 5.73 Å². The molecular formula is C21H34ClN3O. The number of nitrogens with two attached hydrogens (primary N) is 1. The van der Waals surface area contributed by atoms with Crippen LogP contribution in [0.4, 0.5) is 0 Å². The number of benzene rings is 1. The van der Waals surface area contributed by atoms with Gasteiger partial charge in [-0.2, -0.15) is 0 Å². The Balaban J connectivity index is 0.00000243. The van der Waals surface area contributed by atoms with Crippen molar-refractivity contribution >= 4 is 18.3 Å². The van der Waals surface area contributed by atoms with Crippen LogP contribution in [0.15, 0.2) is 30.3 Å². The second-order valence-corrected chi connectivity index (χ2v) is 7.83. The van der Waals surface area contributed by atoms with E-state index in [0.29, 0.717) is 30.7 Å². The number of nitrogens with one attached hydrogen (secondary N) is 1. The fourth-order valence-electron chi connectivity index (χ4n) is 4.46. The maximum atomic E-state index is 12.2. The molecule has 1 amide bonds. The van der Waals surface area contributed by atoms with Gasteiger partial charge in [0.2, 0.25) is 5.91 Å². The molecule has 1 aromatic rings. The molecule has 0 radical (unpaired) electrons. The largest absolute Gasteiger partial charge is 0.356 e. The van der Waals surface area contributed by atoms with E-state index in [1.54, 1.807) is 0 Å². The molecule has 0 spiro atoms. The topological polar surface area (TPSA) is 58.4 Å². The Morgan fingerprint density at radius 2 is 1.85 bits per heavy atom. The van der Waals surface area contributed by atoms with Crippen LogP contribution in [0.3, 0.4) is 0 Å². The summed E-state index contributed by atoms with van der Waals surface area (Å²) in [7, 11) is 0. The Labute approximate surface area is 164 Å². The third-order valence-corrected chi connectivity index (χ3v) is 6.01. The van der Waals surface area contributed by atoms with Gasteiger partial charge in [0.15, 0.2) is 0 Å². The van der Waals surface area contributed by atoms with Gasteiger partial charge in [-0.05, 0) is 36.8 Å². The first-order valence-electron chi connectivity index (χ1n) is 10.0. The van der Waals surface area contributed by atoms with E-state index in [1.165, 1.54) is 37.7 Å². The number of nitrogens with zero attached hydrogens (tertiary/aromatic N) is 1. The highest BCUT2D eigenvalue weighted by atomic mass is 35.5. The van der Waals surface area contributed by atoms with E-state index >= 15 is 0 Å².